The zero-order valence-corrected chi connectivity index (χ0v) is 10.6. The maximum Gasteiger partial charge on any atom is 0.145 e. The molecule has 0 aliphatic carbocycles. The highest BCUT2D eigenvalue weighted by atomic mass is 35.5. The quantitative estimate of drug-likeness (QED) is 0.922. The van der Waals surface area contributed by atoms with Crippen LogP contribution in [0, 0.1) is 5.82 Å². The second-order valence-electron chi connectivity index (χ2n) is 4.20. The minimum atomic E-state index is -0.379. The summed E-state index contributed by atoms with van der Waals surface area (Å²) in [5.74, 6) is -0.379. The average Bonchev–Trinajstić information content (AvgIpc) is 2.36. The van der Waals surface area contributed by atoms with Crippen molar-refractivity contribution in [2.45, 2.75) is 18.9 Å². The zero-order valence-electron chi connectivity index (χ0n) is 9.81. The van der Waals surface area contributed by atoms with Crippen molar-refractivity contribution < 1.29 is 4.39 Å². The van der Waals surface area contributed by atoms with Gasteiger partial charge in [0.1, 0.15) is 5.82 Å². The first-order chi connectivity index (χ1) is 8.66. The Labute approximate surface area is 111 Å². The third-order valence-electron chi connectivity index (χ3n) is 2.71. The number of hydrogen-bond donors (Lipinski definition) is 1. The van der Waals surface area contributed by atoms with Gasteiger partial charge in [-0.3, -0.25) is 4.98 Å². The molecule has 0 saturated heterocycles. The van der Waals surface area contributed by atoms with Gasteiger partial charge in [0.2, 0.25) is 0 Å². The first kappa shape index (κ1) is 13.0. The number of pyridine rings is 1. The van der Waals surface area contributed by atoms with E-state index in [0.717, 1.165) is 5.69 Å². The number of hydrogen-bond acceptors (Lipinski definition) is 2. The van der Waals surface area contributed by atoms with Crippen molar-refractivity contribution in [1.82, 2.24) is 4.98 Å². The summed E-state index contributed by atoms with van der Waals surface area (Å²) in [4.78, 5) is 4.20. The topological polar surface area (TPSA) is 38.9 Å². The second kappa shape index (κ2) is 5.94. The molecule has 0 aliphatic heterocycles. The normalized spacial score (nSPS) is 12.4. The maximum absolute atomic E-state index is 13.7. The lowest BCUT2D eigenvalue weighted by molar-refractivity contribution is 0.582. The highest BCUT2D eigenvalue weighted by molar-refractivity contribution is 6.30. The van der Waals surface area contributed by atoms with E-state index in [2.05, 4.69) is 4.98 Å². The van der Waals surface area contributed by atoms with Gasteiger partial charge in [-0.1, -0.05) is 29.8 Å². The molecule has 0 bridgehead atoms. The van der Waals surface area contributed by atoms with Gasteiger partial charge in [-0.2, -0.15) is 0 Å². The zero-order chi connectivity index (χ0) is 13.0. The summed E-state index contributed by atoms with van der Waals surface area (Å²) in [6, 6.07) is 10.5. The summed E-state index contributed by atoms with van der Waals surface area (Å²) in [5, 5.41) is 0.137. The summed E-state index contributed by atoms with van der Waals surface area (Å²) in [7, 11) is 0. The van der Waals surface area contributed by atoms with E-state index in [1.54, 1.807) is 18.3 Å². The highest BCUT2D eigenvalue weighted by Gasteiger charge is 2.11. The van der Waals surface area contributed by atoms with E-state index in [9.17, 15) is 4.39 Å². The van der Waals surface area contributed by atoms with Crippen LogP contribution in [0.4, 0.5) is 4.39 Å². The molecule has 2 rings (SSSR count). The molecule has 0 amide bonds. The summed E-state index contributed by atoms with van der Waals surface area (Å²) in [6.07, 6.45) is 2.79. The van der Waals surface area contributed by atoms with E-state index < -0.39 is 0 Å². The highest BCUT2D eigenvalue weighted by Crippen LogP contribution is 2.19. The van der Waals surface area contributed by atoms with Crippen LogP contribution in [-0.2, 0) is 12.8 Å². The molecule has 2 nitrogen and oxygen atoms in total. The number of nitrogens with two attached hydrogens (primary N) is 1. The summed E-state index contributed by atoms with van der Waals surface area (Å²) in [5.41, 5.74) is 7.46. The molecule has 0 radical (unpaired) electrons. The molecule has 1 atom stereocenters. The Morgan fingerprint density at radius 1 is 1.17 bits per heavy atom. The molecule has 2 N–H and O–H groups in total. The van der Waals surface area contributed by atoms with Gasteiger partial charge < -0.3 is 5.73 Å². The smallest absolute Gasteiger partial charge is 0.145 e. The first-order valence-corrected chi connectivity index (χ1v) is 6.13. The van der Waals surface area contributed by atoms with Crippen LogP contribution in [0.5, 0.6) is 0 Å². The Balaban J connectivity index is 2.03. The molecule has 0 saturated carbocycles. The molecule has 1 aromatic carbocycles. The lowest BCUT2D eigenvalue weighted by Crippen LogP contribution is -2.26. The van der Waals surface area contributed by atoms with E-state index >= 15 is 0 Å². The molecular weight excluding hydrogens is 251 g/mol. The minimum Gasteiger partial charge on any atom is -0.327 e. The third kappa shape index (κ3) is 3.28. The van der Waals surface area contributed by atoms with Crippen molar-refractivity contribution in [2.24, 2.45) is 5.73 Å². The van der Waals surface area contributed by atoms with E-state index in [-0.39, 0.29) is 16.9 Å². The molecule has 1 aromatic heterocycles. The lowest BCUT2D eigenvalue weighted by atomic mass is 10.0. The Bertz CT molecular complexity index is 516. The maximum atomic E-state index is 13.7. The standard InChI is InChI=1S/C14H14ClFN2/c15-13-6-3-4-10(14(13)16)8-11(17)9-12-5-1-2-7-18-12/h1-7,11H,8-9,17H2. The van der Waals surface area contributed by atoms with Gasteiger partial charge >= 0.3 is 0 Å². The van der Waals surface area contributed by atoms with Gasteiger partial charge in [0.15, 0.2) is 0 Å². The van der Waals surface area contributed by atoms with Crippen molar-refractivity contribution >= 4 is 11.6 Å². The van der Waals surface area contributed by atoms with Crippen LogP contribution >= 0.6 is 11.6 Å². The summed E-state index contributed by atoms with van der Waals surface area (Å²) >= 11 is 5.73. The number of benzene rings is 1. The molecule has 18 heavy (non-hydrogen) atoms. The molecule has 0 aliphatic rings. The van der Waals surface area contributed by atoms with Crippen LogP contribution in [0.3, 0.4) is 0 Å². The monoisotopic (exact) mass is 264 g/mol. The number of nitrogens with zero attached hydrogens (tertiary/aromatic N) is 1. The van der Waals surface area contributed by atoms with Crippen LogP contribution in [0.1, 0.15) is 11.3 Å². The number of halogens is 2. The minimum absolute atomic E-state index is 0.137. The summed E-state index contributed by atoms with van der Waals surface area (Å²) < 4.78 is 13.7. The molecule has 2 aromatic rings. The van der Waals surface area contributed by atoms with Crippen LogP contribution in [-0.4, -0.2) is 11.0 Å². The van der Waals surface area contributed by atoms with Gasteiger partial charge in [-0.05, 0) is 30.2 Å². The SMILES string of the molecule is NC(Cc1ccccn1)Cc1cccc(Cl)c1F. The fourth-order valence-corrected chi connectivity index (χ4v) is 2.04. The Morgan fingerprint density at radius 2 is 2.00 bits per heavy atom. The van der Waals surface area contributed by atoms with Gasteiger partial charge in [-0.25, -0.2) is 4.39 Å². The molecule has 1 heterocycles. The van der Waals surface area contributed by atoms with Gasteiger partial charge in [0.05, 0.1) is 5.02 Å². The van der Waals surface area contributed by atoms with E-state index in [1.807, 2.05) is 18.2 Å². The van der Waals surface area contributed by atoms with E-state index in [1.165, 1.54) is 6.07 Å². The largest absolute Gasteiger partial charge is 0.327 e. The first-order valence-electron chi connectivity index (χ1n) is 5.75. The number of aromatic nitrogens is 1. The number of rotatable bonds is 4. The van der Waals surface area contributed by atoms with Crippen molar-refractivity contribution in [3.05, 3.63) is 64.7 Å². The molecular formula is C14H14ClFN2. The van der Waals surface area contributed by atoms with Crippen LogP contribution < -0.4 is 5.73 Å². The molecule has 1 unspecified atom stereocenters. The predicted octanol–water partition coefficient (Wildman–Crippen LogP) is 2.99. The fourth-order valence-electron chi connectivity index (χ4n) is 1.85. The Kier molecular flexibility index (Phi) is 4.28. The molecule has 0 spiro atoms. The van der Waals surface area contributed by atoms with Crippen LogP contribution in [0.2, 0.25) is 5.02 Å². The predicted molar refractivity (Wildman–Crippen MR) is 71.0 cm³/mol. The van der Waals surface area contributed by atoms with Crippen molar-refractivity contribution in [3.8, 4) is 0 Å². The molecule has 0 fully saturated rings. The Morgan fingerprint density at radius 3 is 2.72 bits per heavy atom. The van der Waals surface area contributed by atoms with Crippen molar-refractivity contribution in [3.63, 3.8) is 0 Å². The van der Waals surface area contributed by atoms with Crippen LogP contribution in [0.15, 0.2) is 42.6 Å². The molecule has 94 valence electrons. The third-order valence-corrected chi connectivity index (χ3v) is 3.00. The second-order valence-corrected chi connectivity index (χ2v) is 4.61. The van der Waals surface area contributed by atoms with Crippen molar-refractivity contribution in [2.75, 3.05) is 0 Å². The summed E-state index contributed by atoms with van der Waals surface area (Å²) in [6.45, 7) is 0. The molecule has 4 heteroatoms. The fraction of sp³-hybridized carbons (Fsp3) is 0.214. The lowest BCUT2D eigenvalue weighted by Gasteiger charge is -2.12. The average molecular weight is 265 g/mol. The van der Waals surface area contributed by atoms with Crippen LogP contribution in [0.25, 0.3) is 0 Å². The van der Waals surface area contributed by atoms with E-state index in [4.69, 9.17) is 17.3 Å². The van der Waals surface area contributed by atoms with E-state index in [0.29, 0.717) is 18.4 Å². The van der Waals surface area contributed by atoms with Crippen molar-refractivity contribution in [1.29, 1.82) is 0 Å². The van der Waals surface area contributed by atoms with Gasteiger partial charge in [0, 0.05) is 24.4 Å². The van der Waals surface area contributed by atoms with Gasteiger partial charge in [0.25, 0.3) is 0 Å². The Hall–Kier alpha value is -1.45. The van der Waals surface area contributed by atoms with Gasteiger partial charge in [-0.15, -0.1) is 0 Å².